The molecule has 20 N–H and O–H groups in total. The zero-order valence-corrected chi connectivity index (χ0v) is 71.8. The van der Waals surface area contributed by atoms with Gasteiger partial charge in [0.25, 0.3) is 0 Å². The van der Waals surface area contributed by atoms with E-state index >= 15 is 0 Å². The van der Waals surface area contributed by atoms with Crippen molar-refractivity contribution >= 4 is 123 Å². The molecule has 0 amide bonds. The predicted octanol–water partition coefficient (Wildman–Crippen LogP) is 18.3. The summed E-state index contributed by atoms with van der Waals surface area (Å²) < 4.78 is 24.1. The summed E-state index contributed by atoms with van der Waals surface area (Å²) in [6, 6.07) is 63.7. The van der Waals surface area contributed by atoms with Crippen LogP contribution in [-0.4, -0.2) is 153 Å². The number of nitrogens with one attached hydrogen (secondary N) is 12. The molecule has 2 aliphatic heterocycles. The van der Waals surface area contributed by atoms with Crippen molar-refractivity contribution in [3.63, 3.8) is 0 Å². The predicted molar refractivity (Wildman–Crippen MR) is 507 cm³/mol. The lowest BCUT2D eigenvalue weighted by Gasteiger charge is -2.07. The SMILES string of the molecule is CC.CC.CC.Cc1cc2[nH]c(-c3ccc(-c4nc5ccc(C(N)=NC(C)C)cc5[nH]4)o3)nc2cc1C(N)=NC(C)C.N=C(N)c1ccc2nc(-c3ccc(-c4nc5ccc(C(=N)N)cc5[nH]4)o3)[nH]c2c1.c1cc2nc(-c3ccc(-c4nc5ccc(C6=NCCN6)cc5[nH]4)o3)[nH]c2cc1C1=NCCN1.c1ccc2[nH]c(-c3ccc(-c4nc5ccccc5[nH]4)o3)nc2c1. The second-order valence-corrected chi connectivity index (χ2v) is 29.6. The number of rotatable bonds is 16. The maximum Gasteiger partial charge on any atom is 0.174 e. The summed E-state index contributed by atoms with van der Waals surface area (Å²) in [5, 5.41) is 21.7. The maximum atomic E-state index is 7.56. The van der Waals surface area contributed by atoms with Gasteiger partial charge >= 0.3 is 0 Å². The highest BCUT2D eigenvalue weighted by molar-refractivity contribution is 6.05. The number of furan rings is 4. The van der Waals surface area contributed by atoms with Gasteiger partial charge in [0.05, 0.1) is 101 Å². The fourth-order valence-electron chi connectivity index (χ4n) is 14.4. The lowest BCUT2D eigenvalue weighted by atomic mass is 10.1. The molecule has 32 heteroatoms. The van der Waals surface area contributed by atoms with Gasteiger partial charge in [-0.25, -0.2) is 39.9 Å². The van der Waals surface area contributed by atoms with Crippen molar-refractivity contribution in [2.45, 2.75) is 88.2 Å². The zero-order chi connectivity index (χ0) is 88.7. The monoisotopic (exact) mass is 1690 g/mol. The van der Waals surface area contributed by atoms with Crippen LogP contribution in [0.3, 0.4) is 0 Å². The van der Waals surface area contributed by atoms with E-state index in [9.17, 15) is 0 Å². The number of imidazole rings is 8. The van der Waals surface area contributed by atoms with E-state index in [1.807, 2.05) is 240 Å². The molecule has 0 aliphatic carbocycles. The van der Waals surface area contributed by atoms with E-state index in [0.717, 1.165) is 154 Å². The van der Waals surface area contributed by atoms with Crippen LogP contribution in [0.25, 0.3) is 181 Å². The highest BCUT2D eigenvalue weighted by Crippen LogP contribution is 2.35. The average Bonchev–Trinajstić information content (AvgIpc) is 1.64. The van der Waals surface area contributed by atoms with E-state index in [1.165, 1.54) is 0 Å². The van der Waals surface area contributed by atoms with Crippen molar-refractivity contribution in [2.24, 2.45) is 42.9 Å². The van der Waals surface area contributed by atoms with Gasteiger partial charge in [-0.3, -0.25) is 30.8 Å². The molecule has 20 aromatic rings. The Morgan fingerprint density at radius 1 is 0.315 bits per heavy atom. The van der Waals surface area contributed by atoms with Gasteiger partial charge in [0.2, 0.25) is 0 Å². The Morgan fingerprint density at radius 3 is 0.906 bits per heavy atom. The molecule has 0 bridgehead atoms. The summed E-state index contributed by atoms with van der Waals surface area (Å²) in [6.07, 6.45) is 0. The molecule has 12 aromatic heterocycles. The number of amidine groups is 6. The summed E-state index contributed by atoms with van der Waals surface area (Å²) in [5.41, 5.74) is 43.4. The van der Waals surface area contributed by atoms with Gasteiger partial charge in [-0.05, 0) is 216 Å². The van der Waals surface area contributed by atoms with Crippen LogP contribution >= 0.6 is 0 Å². The third-order valence-electron chi connectivity index (χ3n) is 20.2. The number of aryl methyl sites for hydroxylation is 1. The van der Waals surface area contributed by atoms with E-state index < -0.39 is 0 Å². The Bertz CT molecular complexity index is 7150. The van der Waals surface area contributed by atoms with Gasteiger partial charge in [0, 0.05) is 58.6 Å². The average molecular weight is 1690 g/mol. The molecule has 14 heterocycles. The number of fused-ring (bicyclic) bond motifs is 8. The highest BCUT2D eigenvalue weighted by Gasteiger charge is 2.23. The van der Waals surface area contributed by atoms with Gasteiger partial charge in [-0.15, -0.1) is 0 Å². The normalized spacial score (nSPS) is 12.6. The molecule has 0 unspecified atom stereocenters. The fourth-order valence-corrected chi connectivity index (χ4v) is 14.4. The topological polar surface area (TPSA) is 507 Å². The van der Waals surface area contributed by atoms with Crippen LogP contribution in [0, 0.1) is 17.7 Å². The number of benzene rings is 8. The van der Waals surface area contributed by atoms with E-state index in [0.29, 0.717) is 115 Å². The Morgan fingerprint density at radius 2 is 0.591 bits per heavy atom. The largest absolute Gasteiger partial charge is 0.450 e. The first-order chi connectivity index (χ1) is 61.8. The molecule has 0 saturated carbocycles. The molecule has 640 valence electrons. The van der Waals surface area contributed by atoms with E-state index in [2.05, 4.69) is 108 Å². The van der Waals surface area contributed by atoms with Gasteiger partial charge in [0.15, 0.2) is 92.7 Å². The van der Waals surface area contributed by atoms with Crippen molar-refractivity contribution in [3.05, 3.63) is 239 Å². The Balaban J connectivity index is 0.000000123. The zero-order valence-electron chi connectivity index (χ0n) is 71.8. The van der Waals surface area contributed by atoms with Gasteiger partial charge in [-0.2, -0.15) is 0 Å². The minimum absolute atomic E-state index is 0.00107. The Labute approximate surface area is 727 Å². The van der Waals surface area contributed by atoms with Crippen LogP contribution in [0.1, 0.15) is 108 Å². The van der Waals surface area contributed by atoms with Crippen LogP contribution in [0.5, 0.6) is 0 Å². The molecule has 0 fully saturated rings. The summed E-state index contributed by atoms with van der Waals surface area (Å²) in [5.74, 6) is 13.1. The molecule has 0 atom stereocenters. The Kier molecular flexibility index (Phi) is 24.3. The molecular weight excluding hydrogens is 1600 g/mol. The quantitative estimate of drug-likeness (QED) is 0.0315. The van der Waals surface area contributed by atoms with Crippen molar-refractivity contribution < 1.29 is 17.7 Å². The van der Waals surface area contributed by atoms with Crippen LogP contribution in [0.15, 0.2) is 238 Å². The van der Waals surface area contributed by atoms with Crippen LogP contribution in [0.2, 0.25) is 0 Å². The van der Waals surface area contributed by atoms with Gasteiger partial charge in [0.1, 0.15) is 35.0 Å². The van der Waals surface area contributed by atoms with E-state index in [-0.39, 0.29) is 23.8 Å². The first kappa shape index (κ1) is 84.1. The summed E-state index contributed by atoms with van der Waals surface area (Å²) >= 11 is 0. The number of nitrogens with two attached hydrogens (primary N) is 4. The van der Waals surface area contributed by atoms with E-state index in [1.54, 1.807) is 24.3 Å². The number of para-hydroxylation sites is 4. The minimum Gasteiger partial charge on any atom is -0.450 e. The van der Waals surface area contributed by atoms with Gasteiger partial charge in [-0.1, -0.05) is 65.8 Å². The number of hydrogen-bond donors (Lipinski definition) is 16. The summed E-state index contributed by atoms with van der Waals surface area (Å²) in [7, 11) is 0. The summed E-state index contributed by atoms with van der Waals surface area (Å²) in [4.78, 5) is 81.2. The second-order valence-electron chi connectivity index (χ2n) is 29.6. The molecule has 2 aliphatic rings. The first-order valence-corrected chi connectivity index (χ1v) is 42.1. The lowest BCUT2D eigenvalue weighted by Crippen LogP contribution is -2.19. The van der Waals surface area contributed by atoms with E-state index in [4.69, 9.17) is 66.4 Å². The highest BCUT2D eigenvalue weighted by atomic mass is 16.4. The van der Waals surface area contributed by atoms with Crippen LogP contribution in [0.4, 0.5) is 0 Å². The second kappa shape index (κ2) is 36.6. The molecular formula is C95H96N28O4. The maximum absolute atomic E-state index is 7.56. The first-order valence-electron chi connectivity index (χ1n) is 42.1. The molecule has 127 heavy (non-hydrogen) atoms. The fraction of sp³-hybridized carbons (Fsp3) is 0.179. The van der Waals surface area contributed by atoms with Crippen molar-refractivity contribution in [2.75, 3.05) is 26.2 Å². The lowest BCUT2D eigenvalue weighted by molar-refractivity contribution is 0.589. The third kappa shape index (κ3) is 18.1. The van der Waals surface area contributed by atoms with Crippen LogP contribution in [-0.2, 0) is 0 Å². The summed E-state index contributed by atoms with van der Waals surface area (Å²) in [6.45, 7) is 25.4. The number of aromatic amines is 8. The van der Waals surface area contributed by atoms with Crippen LogP contribution < -0.4 is 33.6 Å². The molecule has 8 aromatic carbocycles. The van der Waals surface area contributed by atoms with Gasteiger partial charge < -0.3 is 91.1 Å². The smallest absolute Gasteiger partial charge is 0.174 e. The number of H-pyrrole nitrogens is 8. The number of aromatic nitrogens is 16. The minimum atomic E-state index is 0.00107. The van der Waals surface area contributed by atoms with Crippen molar-refractivity contribution in [1.82, 2.24) is 90.4 Å². The number of aliphatic imine (C=N–C) groups is 4. The molecule has 0 spiro atoms. The number of hydrogen-bond acceptors (Lipinski definition) is 20. The Hall–Kier alpha value is -16.5. The van der Waals surface area contributed by atoms with Crippen molar-refractivity contribution in [1.29, 1.82) is 10.8 Å². The standard InChI is InChI=1S/C27H30N8O.C24H20N8O.C20H16N8O.C18H12N4O.3C2H6/c1-13(2)30-24(28)16-6-7-18-20(11-16)34-26(32-18)22-8-9-23(36-22)27-33-19-10-15(5)17(12-21(19)35-27)25(29)31-14(3)4;1-3-15-17(11-13(1)21-25-7-8-26-21)31-23(29-15)19-5-6-20(33-19)24-30-16-4-2-14(12-18(16)32-24)22-27-9-10-28-22;21-17(22)9-1-3-11-13(7-9)27-19(25-11)15-5-6-16(29-15)20-26-12-4-2-10(18(23)24)8-14(12)28-20;1-2-6-12-11(5-1)19-17(20-12)15-9-10-16(23-15)18-21-13-7-3-4-8-14(13)22-18;3*1-2/h6-14H,1-5H3,(H2,28,30)(H2,29,31)(H,32,34)(H,33,35);1-6,11-12H,7-10H2,(H,25,26)(H,27,28)(H,29,31)(H,30,32);1-8H,(H3,21,22)(H3,23,24)(H,25,27)(H,26,28);1-10H,(H,19,20)(H,21,22);3*1-2H3. The van der Waals surface area contributed by atoms with Crippen molar-refractivity contribution in [3.8, 4) is 92.7 Å². The molecule has 22 rings (SSSR count). The number of nitrogen functional groups attached to an aromatic ring is 2. The molecule has 0 saturated heterocycles. The molecule has 0 radical (unpaired) electrons. The third-order valence-corrected chi connectivity index (χ3v) is 20.2. The molecule has 32 nitrogen and oxygen atoms in total. The number of nitrogens with zero attached hydrogens (tertiary/aromatic N) is 12.